The number of pyridine rings is 1. The monoisotopic (exact) mass is 355 g/mol. The fourth-order valence-corrected chi connectivity index (χ4v) is 3.10. The van der Waals surface area contributed by atoms with Crippen LogP contribution in [0.4, 0.5) is 5.82 Å². The first-order chi connectivity index (χ1) is 12.6. The second-order valence-corrected chi connectivity index (χ2v) is 6.45. The quantitative estimate of drug-likeness (QED) is 0.856. The van der Waals surface area contributed by atoms with E-state index in [9.17, 15) is 4.79 Å². The second kappa shape index (κ2) is 8.23. The number of amides is 1. The molecule has 7 nitrogen and oxygen atoms in total. The zero-order valence-electron chi connectivity index (χ0n) is 15.5. The minimum atomic E-state index is 0.0695. The minimum Gasteiger partial charge on any atom is -0.383 e. The summed E-state index contributed by atoms with van der Waals surface area (Å²) in [6, 6.07) is 3.96. The molecular weight excluding hydrogens is 330 g/mol. The Morgan fingerprint density at radius 3 is 2.77 bits per heavy atom. The molecule has 26 heavy (non-hydrogen) atoms. The Kier molecular flexibility index (Phi) is 5.78. The van der Waals surface area contributed by atoms with Gasteiger partial charge in [-0.25, -0.2) is 9.97 Å². The molecule has 0 fully saturated rings. The molecule has 0 saturated carbocycles. The topological polar surface area (TPSA) is 80.2 Å². The standard InChI is InChI=1S/C19H25N5O2/c1-4-15(12-26-3)21-19-16-7-10-24(13(2)25)11-17(16)22-18(23-19)14-5-8-20-9-6-14/h5-6,8-9,15H,4,7,10-12H2,1-3H3,(H,21,22,23). The number of fused-ring (bicyclic) bond motifs is 1. The van der Waals surface area contributed by atoms with E-state index in [-0.39, 0.29) is 11.9 Å². The molecule has 1 amide bonds. The van der Waals surface area contributed by atoms with Gasteiger partial charge in [-0.1, -0.05) is 6.92 Å². The highest BCUT2D eigenvalue weighted by molar-refractivity contribution is 5.74. The van der Waals surface area contributed by atoms with Crippen molar-refractivity contribution in [2.75, 3.05) is 25.6 Å². The van der Waals surface area contributed by atoms with Crippen LogP contribution in [0, 0.1) is 0 Å². The van der Waals surface area contributed by atoms with Gasteiger partial charge in [0.15, 0.2) is 5.82 Å². The van der Waals surface area contributed by atoms with Crippen LogP contribution >= 0.6 is 0 Å². The number of carbonyl (C=O) groups excluding carboxylic acids is 1. The molecule has 1 atom stereocenters. The number of anilines is 1. The van der Waals surface area contributed by atoms with E-state index < -0.39 is 0 Å². The maximum atomic E-state index is 11.8. The predicted octanol–water partition coefficient (Wildman–Crippen LogP) is 2.28. The van der Waals surface area contributed by atoms with Crippen molar-refractivity contribution in [2.24, 2.45) is 0 Å². The fraction of sp³-hybridized carbons (Fsp3) is 0.474. The van der Waals surface area contributed by atoms with Crippen LogP contribution in [-0.4, -0.2) is 52.1 Å². The Morgan fingerprint density at radius 1 is 1.35 bits per heavy atom. The van der Waals surface area contributed by atoms with Crippen molar-refractivity contribution in [3.05, 3.63) is 35.8 Å². The largest absolute Gasteiger partial charge is 0.383 e. The summed E-state index contributed by atoms with van der Waals surface area (Å²) in [5.41, 5.74) is 2.91. The lowest BCUT2D eigenvalue weighted by molar-refractivity contribution is -0.129. The molecule has 2 aromatic rings. The van der Waals surface area contributed by atoms with Gasteiger partial charge in [-0.2, -0.15) is 0 Å². The van der Waals surface area contributed by atoms with Gasteiger partial charge in [-0.15, -0.1) is 0 Å². The number of aromatic nitrogens is 3. The summed E-state index contributed by atoms with van der Waals surface area (Å²) in [5.74, 6) is 1.56. The van der Waals surface area contributed by atoms with Crippen LogP contribution in [-0.2, 0) is 22.5 Å². The van der Waals surface area contributed by atoms with Gasteiger partial charge in [0.05, 0.1) is 24.9 Å². The Bertz CT molecular complexity index is 766. The van der Waals surface area contributed by atoms with Gasteiger partial charge < -0.3 is 15.0 Å². The molecule has 0 bridgehead atoms. The van der Waals surface area contributed by atoms with E-state index >= 15 is 0 Å². The first-order valence-corrected chi connectivity index (χ1v) is 8.93. The van der Waals surface area contributed by atoms with Gasteiger partial charge in [0.2, 0.25) is 5.91 Å². The molecule has 0 saturated heterocycles. The zero-order valence-corrected chi connectivity index (χ0v) is 15.5. The van der Waals surface area contributed by atoms with E-state index in [2.05, 4.69) is 17.2 Å². The number of hydrogen-bond acceptors (Lipinski definition) is 6. The number of nitrogens with one attached hydrogen (secondary N) is 1. The minimum absolute atomic E-state index is 0.0695. The fourth-order valence-electron chi connectivity index (χ4n) is 3.10. The number of rotatable bonds is 6. The molecule has 0 radical (unpaired) electrons. The lowest BCUT2D eigenvalue weighted by Gasteiger charge is -2.29. The molecule has 1 unspecified atom stereocenters. The molecule has 0 spiro atoms. The summed E-state index contributed by atoms with van der Waals surface area (Å²) in [5, 5.41) is 3.52. The molecular formula is C19H25N5O2. The first-order valence-electron chi connectivity index (χ1n) is 8.93. The van der Waals surface area contributed by atoms with Gasteiger partial charge in [0.1, 0.15) is 5.82 Å². The average Bonchev–Trinajstić information content (AvgIpc) is 2.67. The third kappa shape index (κ3) is 3.99. The van der Waals surface area contributed by atoms with E-state index in [1.807, 2.05) is 17.0 Å². The van der Waals surface area contributed by atoms with Crippen molar-refractivity contribution in [2.45, 2.75) is 39.3 Å². The van der Waals surface area contributed by atoms with Gasteiger partial charge >= 0.3 is 0 Å². The van der Waals surface area contributed by atoms with Crippen molar-refractivity contribution in [3.8, 4) is 11.4 Å². The Balaban J connectivity index is 2.01. The highest BCUT2D eigenvalue weighted by atomic mass is 16.5. The summed E-state index contributed by atoms with van der Waals surface area (Å²) >= 11 is 0. The normalized spacial score (nSPS) is 14.7. The molecule has 2 aromatic heterocycles. The number of methoxy groups -OCH3 is 1. The summed E-state index contributed by atoms with van der Waals surface area (Å²) in [4.78, 5) is 27.2. The van der Waals surface area contributed by atoms with Crippen LogP contribution in [0.25, 0.3) is 11.4 Å². The Hall–Kier alpha value is -2.54. The SMILES string of the molecule is CCC(COC)Nc1nc(-c2ccncc2)nc2c1CCN(C(C)=O)C2. The van der Waals surface area contributed by atoms with Crippen LogP contribution in [0.2, 0.25) is 0 Å². The van der Waals surface area contributed by atoms with E-state index in [4.69, 9.17) is 14.7 Å². The number of nitrogens with zero attached hydrogens (tertiary/aromatic N) is 4. The van der Waals surface area contributed by atoms with Crippen molar-refractivity contribution in [1.82, 2.24) is 19.9 Å². The van der Waals surface area contributed by atoms with E-state index in [1.165, 1.54) is 0 Å². The molecule has 0 aliphatic carbocycles. The maximum absolute atomic E-state index is 11.8. The predicted molar refractivity (Wildman–Crippen MR) is 99.6 cm³/mol. The molecule has 3 heterocycles. The Labute approximate surface area is 153 Å². The molecule has 1 N–H and O–H groups in total. The van der Waals surface area contributed by atoms with Crippen LogP contribution in [0.1, 0.15) is 31.5 Å². The van der Waals surface area contributed by atoms with Gasteiger partial charge in [-0.05, 0) is 25.0 Å². The third-order valence-electron chi connectivity index (χ3n) is 4.65. The number of carbonyl (C=O) groups is 1. The molecule has 3 rings (SSSR count). The van der Waals surface area contributed by atoms with Gasteiger partial charge in [0, 0.05) is 44.1 Å². The summed E-state index contributed by atoms with van der Waals surface area (Å²) in [7, 11) is 1.70. The first kappa shape index (κ1) is 18.3. The molecule has 1 aliphatic heterocycles. The molecule has 0 aromatic carbocycles. The molecule has 7 heteroatoms. The second-order valence-electron chi connectivity index (χ2n) is 6.45. The Morgan fingerprint density at radius 2 is 2.12 bits per heavy atom. The molecule has 138 valence electrons. The number of hydrogen-bond donors (Lipinski definition) is 1. The van der Waals surface area contributed by atoms with Crippen molar-refractivity contribution < 1.29 is 9.53 Å². The van der Waals surface area contributed by atoms with Gasteiger partial charge in [-0.3, -0.25) is 9.78 Å². The average molecular weight is 355 g/mol. The smallest absolute Gasteiger partial charge is 0.219 e. The summed E-state index contributed by atoms with van der Waals surface area (Å²) in [6.07, 6.45) is 5.13. The van der Waals surface area contributed by atoms with E-state index in [1.54, 1.807) is 26.4 Å². The third-order valence-corrected chi connectivity index (χ3v) is 4.65. The van der Waals surface area contributed by atoms with Crippen LogP contribution < -0.4 is 5.32 Å². The van der Waals surface area contributed by atoms with Crippen molar-refractivity contribution >= 4 is 11.7 Å². The van der Waals surface area contributed by atoms with Crippen LogP contribution in [0.15, 0.2) is 24.5 Å². The van der Waals surface area contributed by atoms with Crippen molar-refractivity contribution in [3.63, 3.8) is 0 Å². The number of ether oxygens (including phenoxy) is 1. The molecule has 1 aliphatic rings. The lowest BCUT2D eigenvalue weighted by Crippen LogP contribution is -2.36. The van der Waals surface area contributed by atoms with E-state index in [0.29, 0.717) is 25.5 Å². The highest BCUT2D eigenvalue weighted by Crippen LogP contribution is 2.27. The highest BCUT2D eigenvalue weighted by Gasteiger charge is 2.25. The van der Waals surface area contributed by atoms with Gasteiger partial charge in [0.25, 0.3) is 0 Å². The van der Waals surface area contributed by atoms with Crippen LogP contribution in [0.3, 0.4) is 0 Å². The van der Waals surface area contributed by atoms with Crippen molar-refractivity contribution in [1.29, 1.82) is 0 Å². The zero-order chi connectivity index (χ0) is 18.5. The van der Waals surface area contributed by atoms with E-state index in [0.717, 1.165) is 35.5 Å². The summed E-state index contributed by atoms with van der Waals surface area (Å²) in [6.45, 7) is 5.53. The summed E-state index contributed by atoms with van der Waals surface area (Å²) < 4.78 is 5.31. The maximum Gasteiger partial charge on any atom is 0.219 e. The van der Waals surface area contributed by atoms with Crippen LogP contribution in [0.5, 0.6) is 0 Å². The lowest BCUT2D eigenvalue weighted by atomic mass is 10.0.